The van der Waals surface area contributed by atoms with Gasteiger partial charge in [0.25, 0.3) is 0 Å². The minimum absolute atomic E-state index is 0.0210. The number of hydrogen-bond donors (Lipinski definition) is 0. The Morgan fingerprint density at radius 1 is 1.38 bits per heavy atom. The van der Waals surface area contributed by atoms with E-state index in [1.807, 2.05) is 0 Å². The molecular formula is C12H26O3Si. The van der Waals surface area contributed by atoms with Crippen LogP contribution < -0.4 is 0 Å². The lowest BCUT2D eigenvalue weighted by atomic mass is 10.3. The van der Waals surface area contributed by atoms with Gasteiger partial charge in [-0.15, -0.1) is 0 Å². The van der Waals surface area contributed by atoms with Crippen molar-refractivity contribution in [1.82, 2.24) is 0 Å². The van der Waals surface area contributed by atoms with Crippen molar-refractivity contribution in [3.63, 3.8) is 0 Å². The molecule has 0 aromatic carbocycles. The third-order valence-electron chi connectivity index (χ3n) is 2.74. The van der Waals surface area contributed by atoms with E-state index in [9.17, 15) is 0 Å². The monoisotopic (exact) mass is 246 g/mol. The standard InChI is InChI=1S/C12H26O3Si/c1-4-6-8-16(3)15-12(7-5-2)14-10-11-9-13-11/h11-12,16H,4-10H2,1-3H3. The van der Waals surface area contributed by atoms with E-state index in [0.717, 1.165) is 19.4 Å². The summed E-state index contributed by atoms with van der Waals surface area (Å²) in [4.78, 5) is 0. The maximum atomic E-state index is 6.03. The van der Waals surface area contributed by atoms with Crippen molar-refractivity contribution in [3.05, 3.63) is 0 Å². The predicted octanol–water partition coefficient (Wildman–Crippen LogP) is 2.70. The molecule has 3 nitrogen and oxygen atoms in total. The molecule has 1 aliphatic rings. The largest absolute Gasteiger partial charge is 0.396 e. The van der Waals surface area contributed by atoms with E-state index >= 15 is 0 Å². The van der Waals surface area contributed by atoms with Gasteiger partial charge in [-0.3, -0.25) is 0 Å². The number of unbranched alkanes of at least 4 members (excludes halogenated alkanes) is 1. The molecule has 0 spiro atoms. The fourth-order valence-corrected chi connectivity index (χ4v) is 3.48. The maximum Gasteiger partial charge on any atom is 0.177 e. The molecule has 1 rings (SSSR count). The molecule has 0 saturated carbocycles. The lowest BCUT2D eigenvalue weighted by Gasteiger charge is -2.21. The molecule has 1 saturated heterocycles. The molecule has 0 bridgehead atoms. The third kappa shape index (κ3) is 6.63. The van der Waals surface area contributed by atoms with Crippen LogP contribution in [0.15, 0.2) is 0 Å². The molecule has 0 amide bonds. The number of rotatable bonds is 10. The first-order valence-electron chi connectivity index (χ1n) is 6.64. The molecule has 3 unspecified atom stereocenters. The Hall–Kier alpha value is 0.0969. The minimum Gasteiger partial charge on any atom is -0.396 e. The Bertz CT molecular complexity index is 174. The normalized spacial score (nSPS) is 23.1. The average Bonchev–Trinajstić information content (AvgIpc) is 3.07. The van der Waals surface area contributed by atoms with Crippen LogP contribution in [0.1, 0.15) is 39.5 Å². The van der Waals surface area contributed by atoms with E-state index in [2.05, 4.69) is 20.4 Å². The van der Waals surface area contributed by atoms with Gasteiger partial charge in [0.1, 0.15) is 12.4 Å². The van der Waals surface area contributed by atoms with Crippen molar-refractivity contribution in [1.29, 1.82) is 0 Å². The second-order valence-corrected chi connectivity index (χ2v) is 7.07. The highest BCUT2D eigenvalue weighted by atomic mass is 28.3. The van der Waals surface area contributed by atoms with Crippen molar-refractivity contribution in [2.45, 2.75) is 64.5 Å². The van der Waals surface area contributed by atoms with Crippen LogP contribution in [-0.4, -0.2) is 34.6 Å². The van der Waals surface area contributed by atoms with Crippen LogP contribution in [0.2, 0.25) is 12.6 Å². The molecule has 3 atom stereocenters. The maximum absolute atomic E-state index is 6.03. The Morgan fingerprint density at radius 3 is 2.69 bits per heavy atom. The van der Waals surface area contributed by atoms with Gasteiger partial charge in [-0.05, 0) is 19.0 Å². The van der Waals surface area contributed by atoms with Crippen LogP contribution in [0.4, 0.5) is 0 Å². The summed E-state index contributed by atoms with van der Waals surface area (Å²) in [5, 5.41) is 0. The highest BCUT2D eigenvalue weighted by Gasteiger charge is 2.24. The van der Waals surface area contributed by atoms with Gasteiger partial charge in [-0.1, -0.05) is 33.1 Å². The SMILES string of the molecule is CCCC[SiH](C)OC(CCC)OCC1CO1. The summed E-state index contributed by atoms with van der Waals surface area (Å²) in [6, 6.07) is 1.26. The van der Waals surface area contributed by atoms with E-state index in [1.54, 1.807) is 0 Å². The molecule has 96 valence electrons. The van der Waals surface area contributed by atoms with E-state index in [-0.39, 0.29) is 6.29 Å². The quantitative estimate of drug-likeness (QED) is 0.337. The number of ether oxygens (including phenoxy) is 2. The summed E-state index contributed by atoms with van der Waals surface area (Å²) >= 11 is 0. The number of hydrogen-bond acceptors (Lipinski definition) is 3. The van der Waals surface area contributed by atoms with Gasteiger partial charge in [0.2, 0.25) is 0 Å². The van der Waals surface area contributed by atoms with Crippen LogP contribution in [0.25, 0.3) is 0 Å². The first-order valence-corrected chi connectivity index (χ1v) is 9.09. The molecule has 0 aromatic heterocycles. The first kappa shape index (κ1) is 14.2. The van der Waals surface area contributed by atoms with Crippen molar-refractivity contribution >= 4 is 9.04 Å². The van der Waals surface area contributed by atoms with Gasteiger partial charge >= 0.3 is 0 Å². The lowest BCUT2D eigenvalue weighted by Crippen LogP contribution is -2.27. The predicted molar refractivity (Wildman–Crippen MR) is 68.2 cm³/mol. The molecule has 16 heavy (non-hydrogen) atoms. The van der Waals surface area contributed by atoms with E-state index < -0.39 is 9.04 Å². The Kier molecular flexibility index (Phi) is 7.28. The van der Waals surface area contributed by atoms with Gasteiger partial charge in [-0.2, -0.15) is 0 Å². The zero-order valence-corrected chi connectivity index (χ0v) is 12.1. The molecule has 0 radical (unpaired) electrons. The second-order valence-electron chi connectivity index (χ2n) is 4.60. The van der Waals surface area contributed by atoms with Crippen molar-refractivity contribution in [3.8, 4) is 0 Å². The van der Waals surface area contributed by atoms with Crippen molar-refractivity contribution in [2.75, 3.05) is 13.2 Å². The second kappa shape index (κ2) is 8.23. The Labute approximate surface area is 101 Å². The molecule has 0 aliphatic carbocycles. The average molecular weight is 246 g/mol. The van der Waals surface area contributed by atoms with Crippen molar-refractivity contribution in [2.24, 2.45) is 0 Å². The molecule has 1 fully saturated rings. The van der Waals surface area contributed by atoms with Crippen LogP contribution in [0.5, 0.6) is 0 Å². The molecule has 0 N–H and O–H groups in total. The van der Waals surface area contributed by atoms with Gasteiger partial charge in [0.15, 0.2) is 9.04 Å². The minimum atomic E-state index is -1.02. The van der Waals surface area contributed by atoms with Crippen molar-refractivity contribution < 1.29 is 13.9 Å². The third-order valence-corrected chi connectivity index (χ3v) is 4.73. The lowest BCUT2D eigenvalue weighted by molar-refractivity contribution is -0.0910. The zero-order valence-electron chi connectivity index (χ0n) is 10.9. The Balaban J connectivity index is 2.13. The van der Waals surface area contributed by atoms with Crippen LogP contribution in [0.3, 0.4) is 0 Å². The molecule has 4 heteroatoms. The van der Waals surface area contributed by atoms with Crippen LogP contribution in [0, 0.1) is 0 Å². The van der Waals surface area contributed by atoms with E-state index in [0.29, 0.717) is 12.7 Å². The molecule has 1 aliphatic heterocycles. The fraction of sp³-hybridized carbons (Fsp3) is 1.00. The molecular weight excluding hydrogens is 220 g/mol. The topological polar surface area (TPSA) is 31.0 Å². The molecule has 0 aromatic rings. The van der Waals surface area contributed by atoms with Gasteiger partial charge < -0.3 is 13.9 Å². The smallest absolute Gasteiger partial charge is 0.177 e. The van der Waals surface area contributed by atoms with Crippen LogP contribution >= 0.6 is 0 Å². The summed E-state index contributed by atoms with van der Waals surface area (Å²) in [5.74, 6) is 0. The summed E-state index contributed by atoms with van der Waals surface area (Å²) in [7, 11) is -1.02. The first-order chi connectivity index (χ1) is 7.76. The Morgan fingerprint density at radius 2 is 2.12 bits per heavy atom. The van der Waals surface area contributed by atoms with Gasteiger partial charge in [0, 0.05) is 0 Å². The van der Waals surface area contributed by atoms with Gasteiger partial charge in [-0.25, -0.2) is 0 Å². The van der Waals surface area contributed by atoms with E-state index in [4.69, 9.17) is 13.9 Å². The zero-order chi connectivity index (χ0) is 11.8. The summed E-state index contributed by atoms with van der Waals surface area (Å²) in [6.45, 7) is 8.24. The number of epoxide rings is 1. The van der Waals surface area contributed by atoms with Gasteiger partial charge in [0.05, 0.1) is 13.2 Å². The fourth-order valence-electron chi connectivity index (χ4n) is 1.62. The summed E-state index contributed by atoms with van der Waals surface area (Å²) in [5.41, 5.74) is 0. The highest BCUT2D eigenvalue weighted by molar-refractivity contribution is 6.50. The van der Waals surface area contributed by atoms with Crippen LogP contribution in [-0.2, 0) is 13.9 Å². The highest BCUT2D eigenvalue weighted by Crippen LogP contribution is 2.14. The van der Waals surface area contributed by atoms with E-state index in [1.165, 1.54) is 18.9 Å². The summed E-state index contributed by atoms with van der Waals surface area (Å²) < 4.78 is 16.9. The summed E-state index contributed by atoms with van der Waals surface area (Å²) in [6.07, 6.45) is 5.04. The molecule has 1 heterocycles.